The molecule has 0 atom stereocenters. The van der Waals surface area contributed by atoms with Crippen LogP contribution in [0.5, 0.6) is 5.75 Å². The van der Waals surface area contributed by atoms with Crippen molar-refractivity contribution in [2.24, 2.45) is 10.7 Å². The summed E-state index contributed by atoms with van der Waals surface area (Å²) in [5, 5.41) is 0.712. The molecule has 0 saturated heterocycles. The summed E-state index contributed by atoms with van der Waals surface area (Å²) in [5.74, 6) is 0.0582. The molecule has 0 fully saturated rings. The molecule has 1 heterocycles. The van der Waals surface area contributed by atoms with Crippen molar-refractivity contribution < 1.29 is 13.9 Å². The Balaban J connectivity index is 2.29. The third-order valence-electron chi connectivity index (χ3n) is 3.29. The Bertz CT molecular complexity index is 963. The highest BCUT2D eigenvalue weighted by molar-refractivity contribution is 9.10. The van der Waals surface area contributed by atoms with E-state index in [0.717, 1.165) is 4.47 Å². The summed E-state index contributed by atoms with van der Waals surface area (Å²) >= 11 is 3.42. The average Bonchev–Trinajstić information content (AvgIpc) is 2.55. The summed E-state index contributed by atoms with van der Waals surface area (Å²) in [6.45, 7) is 0. The molecule has 1 amide bonds. The SMILES string of the molecule is COc1ccc2oc(=Nc3ccccc3Br)c(C(N)=O)cc2c1. The van der Waals surface area contributed by atoms with Crippen LogP contribution in [0.2, 0.25) is 0 Å². The number of primary amides is 1. The van der Waals surface area contributed by atoms with E-state index >= 15 is 0 Å². The number of methoxy groups -OCH3 is 1. The van der Waals surface area contributed by atoms with E-state index in [4.69, 9.17) is 14.9 Å². The summed E-state index contributed by atoms with van der Waals surface area (Å²) < 4.78 is 11.7. The molecule has 2 N–H and O–H groups in total. The zero-order valence-corrected chi connectivity index (χ0v) is 13.8. The van der Waals surface area contributed by atoms with Gasteiger partial charge in [-0.1, -0.05) is 12.1 Å². The largest absolute Gasteiger partial charge is 0.497 e. The molecule has 0 aliphatic rings. The van der Waals surface area contributed by atoms with Crippen LogP contribution >= 0.6 is 15.9 Å². The van der Waals surface area contributed by atoms with E-state index in [1.807, 2.05) is 24.3 Å². The topological polar surface area (TPSA) is 77.8 Å². The Hall–Kier alpha value is -2.60. The molecule has 0 aliphatic carbocycles. The van der Waals surface area contributed by atoms with Crippen molar-refractivity contribution in [3.8, 4) is 5.75 Å². The molecule has 3 rings (SSSR count). The lowest BCUT2D eigenvalue weighted by atomic mass is 10.1. The number of carbonyl (C=O) groups excluding carboxylic acids is 1. The van der Waals surface area contributed by atoms with Gasteiger partial charge in [0, 0.05) is 9.86 Å². The van der Waals surface area contributed by atoms with Crippen LogP contribution in [0.25, 0.3) is 11.0 Å². The fourth-order valence-corrected chi connectivity index (χ4v) is 2.52. The van der Waals surface area contributed by atoms with Crippen LogP contribution in [0.3, 0.4) is 0 Å². The van der Waals surface area contributed by atoms with Gasteiger partial charge in [0.2, 0.25) is 5.55 Å². The molecule has 1 aromatic heterocycles. The number of para-hydroxylation sites is 1. The Labute approximate surface area is 140 Å². The van der Waals surface area contributed by atoms with Gasteiger partial charge in [-0.3, -0.25) is 4.79 Å². The molecule has 0 spiro atoms. The highest BCUT2D eigenvalue weighted by Gasteiger charge is 2.10. The summed E-state index contributed by atoms with van der Waals surface area (Å²) in [7, 11) is 1.57. The van der Waals surface area contributed by atoms with Crippen molar-refractivity contribution in [3.63, 3.8) is 0 Å². The average molecular weight is 373 g/mol. The molecule has 0 aliphatic heterocycles. The van der Waals surface area contributed by atoms with Gasteiger partial charge in [-0.15, -0.1) is 0 Å². The van der Waals surface area contributed by atoms with Crippen molar-refractivity contribution in [1.29, 1.82) is 0 Å². The van der Waals surface area contributed by atoms with E-state index in [2.05, 4.69) is 20.9 Å². The first kappa shape index (κ1) is 15.3. The van der Waals surface area contributed by atoms with E-state index in [1.165, 1.54) is 0 Å². The number of rotatable bonds is 3. The summed E-state index contributed by atoms with van der Waals surface area (Å²) in [6.07, 6.45) is 0. The van der Waals surface area contributed by atoms with Crippen molar-refractivity contribution in [1.82, 2.24) is 0 Å². The van der Waals surface area contributed by atoms with Gasteiger partial charge in [0.25, 0.3) is 5.91 Å². The molecule has 0 bridgehead atoms. The number of benzene rings is 2. The first-order chi connectivity index (χ1) is 11.1. The smallest absolute Gasteiger partial charge is 0.254 e. The molecule has 0 unspecified atom stereocenters. The third kappa shape index (κ3) is 3.12. The molecule has 116 valence electrons. The van der Waals surface area contributed by atoms with E-state index in [0.29, 0.717) is 22.4 Å². The molecule has 3 aromatic rings. The van der Waals surface area contributed by atoms with Crippen molar-refractivity contribution in [2.45, 2.75) is 0 Å². The standard InChI is InChI=1S/C17H13BrN2O3/c1-22-11-6-7-15-10(8-11)9-12(16(19)21)17(23-15)20-14-5-3-2-4-13(14)18/h2-9H,1H3,(H2,19,21). The van der Waals surface area contributed by atoms with Gasteiger partial charge in [0.05, 0.1) is 12.8 Å². The first-order valence-corrected chi connectivity index (χ1v) is 7.59. The van der Waals surface area contributed by atoms with Gasteiger partial charge in [-0.2, -0.15) is 0 Å². The second-order valence-electron chi connectivity index (χ2n) is 4.80. The highest BCUT2D eigenvalue weighted by atomic mass is 79.9. The predicted octanol–water partition coefficient (Wildman–Crippen LogP) is 3.54. The number of nitrogens with two attached hydrogens (primary N) is 1. The Kier molecular flexibility index (Phi) is 4.16. The Morgan fingerprint density at radius 1 is 1.22 bits per heavy atom. The second kappa shape index (κ2) is 6.26. The summed E-state index contributed by atoms with van der Waals surface area (Å²) in [4.78, 5) is 16.2. The summed E-state index contributed by atoms with van der Waals surface area (Å²) in [6, 6.07) is 14.3. The number of hydrogen-bond donors (Lipinski definition) is 1. The number of halogens is 1. The quantitative estimate of drug-likeness (QED) is 0.763. The van der Waals surface area contributed by atoms with Crippen LogP contribution in [0, 0.1) is 0 Å². The fourth-order valence-electron chi connectivity index (χ4n) is 2.15. The molecular weight excluding hydrogens is 360 g/mol. The van der Waals surface area contributed by atoms with Crippen molar-refractivity contribution >= 4 is 38.5 Å². The maximum absolute atomic E-state index is 11.8. The number of fused-ring (bicyclic) bond motifs is 1. The number of hydrogen-bond acceptors (Lipinski definition) is 4. The normalized spacial score (nSPS) is 11.7. The number of ether oxygens (including phenoxy) is 1. The van der Waals surface area contributed by atoms with Gasteiger partial charge in [0.1, 0.15) is 16.9 Å². The van der Waals surface area contributed by atoms with E-state index in [9.17, 15) is 4.79 Å². The fraction of sp³-hybridized carbons (Fsp3) is 0.0588. The van der Waals surface area contributed by atoms with Crippen LogP contribution in [0.15, 0.2) is 62.4 Å². The lowest BCUT2D eigenvalue weighted by Crippen LogP contribution is -2.21. The summed E-state index contributed by atoms with van der Waals surface area (Å²) in [5.41, 5.74) is 7.07. The predicted molar refractivity (Wildman–Crippen MR) is 90.6 cm³/mol. The van der Waals surface area contributed by atoms with Gasteiger partial charge >= 0.3 is 0 Å². The van der Waals surface area contributed by atoms with Crippen molar-refractivity contribution in [2.75, 3.05) is 7.11 Å². The molecule has 5 nitrogen and oxygen atoms in total. The lowest BCUT2D eigenvalue weighted by molar-refractivity contribution is 0.0996. The molecule has 23 heavy (non-hydrogen) atoms. The van der Waals surface area contributed by atoms with Crippen LogP contribution in [0.4, 0.5) is 5.69 Å². The third-order valence-corrected chi connectivity index (χ3v) is 3.96. The van der Waals surface area contributed by atoms with Gasteiger partial charge in [-0.25, -0.2) is 4.99 Å². The van der Waals surface area contributed by atoms with Crippen LogP contribution < -0.4 is 16.0 Å². The molecule has 2 aromatic carbocycles. The van der Waals surface area contributed by atoms with E-state index in [1.54, 1.807) is 31.4 Å². The van der Waals surface area contributed by atoms with Crippen molar-refractivity contribution in [3.05, 3.63) is 64.1 Å². The molecular formula is C17H13BrN2O3. The number of nitrogens with zero attached hydrogens (tertiary/aromatic N) is 1. The van der Waals surface area contributed by atoms with Gasteiger partial charge in [0.15, 0.2) is 0 Å². The Morgan fingerprint density at radius 3 is 2.70 bits per heavy atom. The number of carbonyl (C=O) groups is 1. The minimum absolute atomic E-state index is 0.169. The molecule has 0 saturated carbocycles. The van der Waals surface area contributed by atoms with E-state index in [-0.39, 0.29) is 11.1 Å². The molecule has 0 radical (unpaired) electrons. The van der Waals surface area contributed by atoms with Crippen LogP contribution in [-0.4, -0.2) is 13.0 Å². The van der Waals surface area contributed by atoms with Crippen LogP contribution in [-0.2, 0) is 0 Å². The minimum Gasteiger partial charge on any atom is -0.497 e. The molecule has 6 heteroatoms. The second-order valence-corrected chi connectivity index (χ2v) is 5.65. The zero-order chi connectivity index (χ0) is 16.4. The maximum Gasteiger partial charge on any atom is 0.254 e. The first-order valence-electron chi connectivity index (χ1n) is 6.79. The van der Waals surface area contributed by atoms with Crippen LogP contribution in [0.1, 0.15) is 10.4 Å². The van der Waals surface area contributed by atoms with E-state index < -0.39 is 5.91 Å². The monoisotopic (exact) mass is 372 g/mol. The highest BCUT2D eigenvalue weighted by Crippen LogP contribution is 2.25. The zero-order valence-electron chi connectivity index (χ0n) is 12.2. The Morgan fingerprint density at radius 2 is 2.00 bits per heavy atom. The van der Waals surface area contributed by atoms with Gasteiger partial charge in [-0.05, 0) is 52.3 Å². The number of amides is 1. The lowest BCUT2D eigenvalue weighted by Gasteiger charge is -2.05. The van der Waals surface area contributed by atoms with Gasteiger partial charge < -0.3 is 14.9 Å². The maximum atomic E-state index is 11.8. The minimum atomic E-state index is -0.607.